The third kappa shape index (κ3) is 4.40. The highest BCUT2D eigenvalue weighted by Crippen LogP contribution is 2.23. The molecule has 0 aliphatic carbocycles. The summed E-state index contributed by atoms with van der Waals surface area (Å²) in [5.74, 6) is -1.27. The molecule has 0 spiro atoms. The Kier molecular flexibility index (Phi) is 6.10. The van der Waals surface area contributed by atoms with Crippen molar-refractivity contribution >= 4 is 21.7 Å². The zero-order valence-electron chi connectivity index (χ0n) is 12.0. The van der Waals surface area contributed by atoms with Crippen LogP contribution in [0.3, 0.4) is 0 Å². The third-order valence-corrected chi connectivity index (χ3v) is 4.59. The van der Waals surface area contributed by atoms with Crippen LogP contribution < -0.4 is 5.73 Å². The van der Waals surface area contributed by atoms with E-state index in [0.717, 1.165) is 22.5 Å². The number of nitrogens with two attached hydrogens (primary N) is 1. The van der Waals surface area contributed by atoms with Crippen LogP contribution in [0.2, 0.25) is 0 Å². The van der Waals surface area contributed by atoms with Gasteiger partial charge in [-0.1, -0.05) is 6.92 Å². The monoisotopic (exact) mass is 318 g/mol. The fourth-order valence-corrected chi connectivity index (χ4v) is 3.35. The third-order valence-electron chi connectivity index (χ3n) is 2.67. The standard InChI is InChI=1S/C13H19FN2O4S/c1-3-7-16(9-13(17)20-4-2)21(18,19)12-6-5-10(14)8-11(12)15/h5-6,8H,3-4,7,9,15H2,1-2H3. The van der Waals surface area contributed by atoms with Crippen molar-refractivity contribution in [3.63, 3.8) is 0 Å². The van der Waals surface area contributed by atoms with Gasteiger partial charge in [0.15, 0.2) is 0 Å². The van der Waals surface area contributed by atoms with Crippen molar-refractivity contribution in [3.8, 4) is 0 Å². The maximum Gasteiger partial charge on any atom is 0.321 e. The summed E-state index contributed by atoms with van der Waals surface area (Å²) >= 11 is 0. The number of esters is 1. The van der Waals surface area contributed by atoms with Crippen molar-refractivity contribution in [3.05, 3.63) is 24.0 Å². The van der Waals surface area contributed by atoms with Crippen LogP contribution in [0.4, 0.5) is 10.1 Å². The van der Waals surface area contributed by atoms with Crippen molar-refractivity contribution in [2.24, 2.45) is 0 Å². The number of nitrogens with zero attached hydrogens (tertiary/aromatic N) is 1. The van der Waals surface area contributed by atoms with E-state index in [4.69, 9.17) is 10.5 Å². The number of benzene rings is 1. The van der Waals surface area contributed by atoms with Crippen LogP contribution in [0, 0.1) is 5.82 Å². The van der Waals surface area contributed by atoms with Gasteiger partial charge in [-0.3, -0.25) is 4.79 Å². The molecule has 0 bridgehead atoms. The first-order chi connectivity index (χ1) is 9.82. The molecule has 0 aliphatic rings. The van der Waals surface area contributed by atoms with Crippen molar-refractivity contribution in [2.45, 2.75) is 25.2 Å². The molecular formula is C13H19FN2O4S. The lowest BCUT2D eigenvalue weighted by molar-refractivity contribution is -0.143. The number of carbonyl (C=O) groups is 1. The van der Waals surface area contributed by atoms with Crippen LogP contribution in [0.5, 0.6) is 0 Å². The first kappa shape index (κ1) is 17.4. The van der Waals surface area contributed by atoms with Crippen LogP contribution in [-0.2, 0) is 19.6 Å². The van der Waals surface area contributed by atoms with Gasteiger partial charge >= 0.3 is 5.97 Å². The molecule has 0 unspecified atom stereocenters. The van der Waals surface area contributed by atoms with E-state index < -0.39 is 28.4 Å². The number of sulfonamides is 1. The minimum atomic E-state index is -3.98. The number of halogens is 1. The Labute approximate surface area is 123 Å². The van der Waals surface area contributed by atoms with E-state index in [9.17, 15) is 17.6 Å². The average molecular weight is 318 g/mol. The molecule has 0 aromatic heterocycles. The summed E-state index contributed by atoms with van der Waals surface area (Å²) in [6.45, 7) is 3.31. The van der Waals surface area contributed by atoms with Crippen LogP contribution in [0.1, 0.15) is 20.3 Å². The summed E-state index contributed by atoms with van der Waals surface area (Å²) in [5.41, 5.74) is 5.37. The molecule has 6 nitrogen and oxygen atoms in total. The van der Waals surface area contributed by atoms with Crippen LogP contribution in [0.25, 0.3) is 0 Å². The Balaban J connectivity index is 3.12. The summed E-state index contributed by atoms with van der Waals surface area (Å²) < 4.78 is 43.8. The molecule has 0 atom stereocenters. The van der Waals surface area contributed by atoms with E-state index in [-0.39, 0.29) is 23.7 Å². The molecule has 1 rings (SSSR count). The van der Waals surface area contributed by atoms with Gasteiger partial charge in [-0.2, -0.15) is 4.31 Å². The first-order valence-electron chi connectivity index (χ1n) is 6.53. The summed E-state index contributed by atoms with van der Waals surface area (Å²) in [6, 6.07) is 3.03. The number of nitrogen functional groups attached to an aromatic ring is 1. The molecule has 2 N–H and O–H groups in total. The Morgan fingerprint density at radius 1 is 1.38 bits per heavy atom. The van der Waals surface area contributed by atoms with Gasteiger partial charge < -0.3 is 10.5 Å². The molecule has 118 valence electrons. The Morgan fingerprint density at radius 3 is 2.57 bits per heavy atom. The van der Waals surface area contributed by atoms with Gasteiger partial charge in [0.1, 0.15) is 17.3 Å². The lowest BCUT2D eigenvalue weighted by Gasteiger charge is -2.21. The maximum absolute atomic E-state index is 13.0. The number of ether oxygens (including phenoxy) is 1. The van der Waals surface area contributed by atoms with Crippen LogP contribution in [0.15, 0.2) is 23.1 Å². The average Bonchev–Trinajstić information content (AvgIpc) is 2.38. The van der Waals surface area contributed by atoms with Crippen molar-refractivity contribution in [1.29, 1.82) is 0 Å². The van der Waals surface area contributed by atoms with E-state index in [2.05, 4.69) is 0 Å². The number of hydrogen-bond acceptors (Lipinski definition) is 5. The minimum Gasteiger partial charge on any atom is -0.465 e. The molecule has 0 heterocycles. The van der Waals surface area contributed by atoms with E-state index in [1.54, 1.807) is 13.8 Å². The zero-order chi connectivity index (χ0) is 16.0. The molecule has 0 saturated carbocycles. The van der Waals surface area contributed by atoms with E-state index in [1.807, 2.05) is 0 Å². The largest absolute Gasteiger partial charge is 0.465 e. The number of rotatable bonds is 7. The van der Waals surface area contributed by atoms with Gasteiger partial charge in [-0.25, -0.2) is 12.8 Å². The predicted molar refractivity (Wildman–Crippen MR) is 76.5 cm³/mol. The van der Waals surface area contributed by atoms with Crippen molar-refractivity contribution < 1.29 is 22.3 Å². The second-order valence-electron chi connectivity index (χ2n) is 4.33. The number of hydrogen-bond donors (Lipinski definition) is 1. The van der Waals surface area contributed by atoms with Crippen molar-refractivity contribution in [2.75, 3.05) is 25.4 Å². The van der Waals surface area contributed by atoms with Gasteiger partial charge in [0.25, 0.3) is 0 Å². The van der Waals surface area contributed by atoms with E-state index in [0.29, 0.717) is 6.42 Å². The second kappa shape index (κ2) is 7.37. The van der Waals surface area contributed by atoms with E-state index >= 15 is 0 Å². The zero-order valence-corrected chi connectivity index (χ0v) is 12.8. The number of carbonyl (C=O) groups excluding carboxylic acids is 1. The molecule has 8 heteroatoms. The summed E-state index contributed by atoms with van der Waals surface area (Å²) in [5, 5.41) is 0. The summed E-state index contributed by atoms with van der Waals surface area (Å²) in [7, 11) is -3.98. The Morgan fingerprint density at radius 2 is 2.05 bits per heavy atom. The van der Waals surface area contributed by atoms with Gasteiger partial charge in [0, 0.05) is 6.54 Å². The highest BCUT2D eigenvalue weighted by molar-refractivity contribution is 7.89. The van der Waals surface area contributed by atoms with Gasteiger partial charge in [0.2, 0.25) is 10.0 Å². The Bertz CT molecular complexity index is 604. The summed E-state index contributed by atoms with van der Waals surface area (Å²) in [4.78, 5) is 11.3. The fourth-order valence-electron chi connectivity index (χ4n) is 1.78. The molecule has 0 radical (unpaired) electrons. The molecule has 0 amide bonds. The quantitative estimate of drug-likeness (QED) is 0.606. The highest BCUT2D eigenvalue weighted by atomic mass is 32.2. The van der Waals surface area contributed by atoms with Gasteiger partial charge in [-0.15, -0.1) is 0 Å². The molecule has 0 fully saturated rings. The van der Waals surface area contributed by atoms with Crippen molar-refractivity contribution in [1.82, 2.24) is 4.31 Å². The molecule has 1 aromatic carbocycles. The topological polar surface area (TPSA) is 89.7 Å². The lowest BCUT2D eigenvalue weighted by atomic mass is 10.3. The second-order valence-corrected chi connectivity index (χ2v) is 6.23. The maximum atomic E-state index is 13.0. The number of anilines is 1. The smallest absolute Gasteiger partial charge is 0.321 e. The molecular weight excluding hydrogens is 299 g/mol. The SMILES string of the molecule is CCCN(CC(=O)OCC)S(=O)(=O)c1ccc(F)cc1N. The van der Waals surface area contributed by atoms with Gasteiger partial charge in [0.05, 0.1) is 12.3 Å². The summed E-state index contributed by atoms with van der Waals surface area (Å²) in [6.07, 6.45) is 0.514. The normalized spacial score (nSPS) is 11.6. The predicted octanol–water partition coefficient (Wildman–Crippen LogP) is 1.37. The highest BCUT2D eigenvalue weighted by Gasteiger charge is 2.28. The lowest BCUT2D eigenvalue weighted by Crippen LogP contribution is -2.37. The molecule has 0 aliphatic heterocycles. The molecule has 1 aromatic rings. The molecule has 21 heavy (non-hydrogen) atoms. The first-order valence-corrected chi connectivity index (χ1v) is 7.97. The minimum absolute atomic E-state index is 0.137. The Hall–Kier alpha value is -1.67. The molecule has 0 saturated heterocycles. The fraction of sp³-hybridized carbons (Fsp3) is 0.462. The van der Waals surface area contributed by atoms with Gasteiger partial charge in [-0.05, 0) is 31.5 Å². The van der Waals surface area contributed by atoms with Crippen LogP contribution in [-0.4, -0.2) is 38.4 Å². The van der Waals surface area contributed by atoms with Crippen LogP contribution >= 0.6 is 0 Å². The van der Waals surface area contributed by atoms with E-state index in [1.165, 1.54) is 0 Å².